The first-order chi connectivity index (χ1) is 5.29. The fraction of sp³-hybridized carbons (Fsp3) is 0. The average molecular weight is 214 g/mol. The molecule has 0 aliphatic carbocycles. The molecule has 2 heterocycles. The van der Waals surface area contributed by atoms with E-state index in [1.165, 1.54) is 12.6 Å². The maximum atomic E-state index is 5.56. The zero-order valence-corrected chi connectivity index (χ0v) is 7.00. The summed E-state index contributed by atoms with van der Waals surface area (Å²) < 4.78 is 5.83. The molecule has 11 heavy (non-hydrogen) atoms. The van der Waals surface area contributed by atoms with Crippen molar-refractivity contribution in [3.05, 3.63) is 17.1 Å². The summed E-state index contributed by atoms with van der Waals surface area (Å²) in [7, 11) is 0. The molecule has 0 saturated carbocycles. The first-order valence-electron chi connectivity index (χ1n) is 2.92. The van der Waals surface area contributed by atoms with Crippen molar-refractivity contribution in [1.29, 1.82) is 0 Å². The van der Waals surface area contributed by atoms with E-state index in [2.05, 4.69) is 25.9 Å². The van der Waals surface area contributed by atoms with E-state index in [9.17, 15) is 0 Å². The number of nitrogens with two attached hydrogens (primary N) is 1. The smallest absolute Gasteiger partial charge is 0.232 e. The lowest BCUT2D eigenvalue weighted by atomic mass is 10.4. The highest BCUT2D eigenvalue weighted by atomic mass is 79.9. The summed E-state index contributed by atoms with van der Waals surface area (Å²) in [6.45, 7) is 0. The van der Waals surface area contributed by atoms with E-state index < -0.39 is 0 Å². The quantitative estimate of drug-likeness (QED) is 0.722. The highest BCUT2D eigenvalue weighted by Gasteiger charge is 2.07. The van der Waals surface area contributed by atoms with Gasteiger partial charge in [0.05, 0.1) is 9.86 Å². The van der Waals surface area contributed by atoms with Gasteiger partial charge in [0.15, 0.2) is 0 Å². The van der Waals surface area contributed by atoms with Crippen molar-refractivity contribution in [3.8, 4) is 0 Å². The molecule has 0 unspecified atom stereocenters. The van der Waals surface area contributed by atoms with Gasteiger partial charge in [-0.25, -0.2) is 9.97 Å². The van der Waals surface area contributed by atoms with Crippen molar-refractivity contribution in [2.75, 3.05) is 5.73 Å². The second kappa shape index (κ2) is 2.20. The SMILES string of the molecule is Nc1ncnc2occ(Br)c12. The third-order valence-corrected chi connectivity index (χ3v) is 1.94. The van der Waals surface area contributed by atoms with Gasteiger partial charge < -0.3 is 10.2 Å². The Morgan fingerprint density at radius 2 is 2.27 bits per heavy atom. The minimum Gasteiger partial charge on any atom is -0.445 e. The van der Waals surface area contributed by atoms with Crippen LogP contribution in [0, 0.1) is 0 Å². The Labute approximate surface area is 70.6 Å². The predicted molar refractivity (Wildman–Crippen MR) is 43.9 cm³/mol. The summed E-state index contributed by atoms with van der Waals surface area (Å²) in [6, 6.07) is 0. The Morgan fingerprint density at radius 1 is 1.45 bits per heavy atom. The van der Waals surface area contributed by atoms with Crippen molar-refractivity contribution >= 4 is 32.8 Å². The van der Waals surface area contributed by atoms with E-state index in [0.29, 0.717) is 11.5 Å². The molecular formula is C6H4BrN3O. The van der Waals surface area contributed by atoms with Gasteiger partial charge in [-0.1, -0.05) is 0 Å². The third kappa shape index (κ3) is 0.883. The first-order valence-corrected chi connectivity index (χ1v) is 3.71. The highest BCUT2D eigenvalue weighted by Crippen LogP contribution is 2.27. The van der Waals surface area contributed by atoms with Crippen LogP contribution >= 0.6 is 15.9 Å². The van der Waals surface area contributed by atoms with E-state index in [-0.39, 0.29) is 0 Å². The monoisotopic (exact) mass is 213 g/mol. The molecule has 0 aliphatic heterocycles. The molecule has 0 fully saturated rings. The summed E-state index contributed by atoms with van der Waals surface area (Å²) in [4.78, 5) is 7.69. The molecule has 2 aromatic rings. The predicted octanol–water partition coefficient (Wildman–Crippen LogP) is 1.57. The standard InChI is InChI=1S/C6H4BrN3O/c7-3-1-11-6-4(3)5(8)9-2-10-6/h1-2H,(H2,8,9,10). The van der Waals surface area contributed by atoms with Crippen molar-refractivity contribution < 1.29 is 4.42 Å². The lowest BCUT2D eigenvalue weighted by molar-refractivity contribution is 0.600. The summed E-state index contributed by atoms with van der Waals surface area (Å²) in [5.41, 5.74) is 6.06. The average Bonchev–Trinajstić information content (AvgIpc) is 2.34. The van der Waals surface area contributed by atoms with Crippen LogP contribution in [-0.2, 0) is 0 Å². The van der Waals surface area contributed by atoms with E-state index >= 15 is 0 Å². The molecule has 2 aromatic heterocycles. The van der Waals surface area contributed by atoms with Crippen molar-refractivity contribution in [2.45, 2.75) is 0 Å². The second-order valence-corrected chi connectivity index (χ2v) is 2.88. The number of hydrogen-bond acceptors (Lipinski definition) is 4. The van der Waals surface area contributed by atoms with Gasteiger partial charge in [0.1, 0.15) is 18.4 Å². The van der Waals surface area contributed by atoms with Crippen LogP contribution in [0.15, 0.2) is 21.5 Å². The fourth-order valence-electron chi connectivity index (χ4n) is 0.862. The molecule has 0 bridgehead atoms. The summed E-state index contributed by atoms with van der Waals surface area (Å²) in [5.74, 6) is 0.427. The summed E-state index contributed by atoms with van der Waals surface area (Å²) in [5, 5.41) is 0.729. The molecule has 0 spiro atoms. The Hall–Kier alpha value is -1.10. The van der Waals surface area contributed by atoms with Crippen molar-refractivity contribution in [2.24, 2.45) is 0 Å². The zero-order chi connectivity index (χ0) is 7.84. The van der Waals surface area contributed by atoms with E-state index in [0.717, 1.165) is 9.86 Å². The van der Waals surface area contributed by atoms with Gasteiger partial charge in [-0.2, -0.15) is 0 Å². The molecule has 5 heteroatoms. The van der Waals surface area contributed by atoms with Crippen LogP contribution < -0.4 is 5.73 Å². The Kier molecular flexibility index (Phi) is 1.32. The zero-order valence-electron chi connectivity index (χ0n) is 5.41. The minimum absolute atomic E-state index is 0.427. The largest absolute Gasteiger partial charge is 0.445 e. The number of aromatic nitrogens is 2. The molecule has 0 amide bonds. The lowest BCUT2D eigenvalue weighted by Gasteiger charge is -1.90. The Balaban J connectivity index is 2.96. The van der Waals surface area contributed by atoms with Crippen LogP contribution in [-0.4, -0.2) is 9.97 Å². The number of nitrogens with zero attached hydrogens (tertiary/aromatic N) is 2. The van der Waals surface area contributed by atoms with Crippen LogP contribution in [0.1, 0.15) is 0 Å². The van der Waals surface area contributed by atoms with Crippen LogP contribution in [0.4, 0.5) is 5.82 Å². The summed E-state index contributed by atoms with van der Waals surface area (Å²) in [6.07, 6.45) is 2.91. The molecule has 2 N–H and O–H groups in total. The van der Waals surface area contributed by atoms with Gasteiger partial charge in [-0.05, 0) is 15.9 Å². The molecule has 4 nitrogen and oxygen atoms in total. The molecule has 0 atom stereocenters. The van der Waals surface area contributed by atoms with Gasteiger partial charge >= 0.3 is 0 Å². The summed E-state index contributed by atoms with van der Waals surface area (Å²) >= 11 is 3.26. The van der Waals surface area contributed by atoms with E-state index in [1.54, 1.807) is 0 Å². The maximum Gasteiger partial charge on any atom is 0.232 e. The van der Waals surface area contributed by atoms with Crippen LogP contribution in [0.3, 0.4) is 0 Å². The number of furan rings is 1. The normalized spacial score (nSPS) is 10.6. The molecular weight excluding hydrogens is 210 g/mol. The number of fused-ring (bicyclic) bond motifs is 1. The Bertz CT molecular complexity index is 398. The molecule has 0 aromatic carbocycles. The number of halogens is 1. The van der Waals surface area contributed by atoms with E-state index in [4.69, 9.17) is 10.2 Å². The second-order valence-electron chi connectivity index (χ2n) is 2.02. The molecule has 0 radical (unpaired) electrons. The minimum atomic E-state index is 0.427. The van der Waals surface area contributed by atoms with E-state index in [1.807, 2.05) is 0 Å². The van der Waals surface area contributed by atoms with Gasteiger partial charge in [-0.3, -0.25) is 0 Å². The lowest BCUT2D eigenvalue weighted by Crippen LogP contribution is -1.90. The molecule has 0 aliphatic rings. The maximum absolute atomic E-state index is 5.56. The topological polar surface area (TPSA) is 64.9 Å². The molecule has 0 saturated heterocycles. The number of rotatable bonds is 0. The fourth-order valence-corrected chi connectivity index (χ4v) is 1.33. The van der Waals surface area contributed by atoms with Crippen LogP contribution in [0.25, 0.3) is 11.1 Å². The number of anilines is 1. The van der Waals surface area contributed by atoms with Gasteiger partial charge in [0.25, 0.3) is 0 Å². The highest BCUT2D eigenvalue weighted by molar-refractivity contribution is 9.10. The first kappa shape index (κ1) is 6.60. The Morgan fingerprint density at radius 3 is 3.00 bits per heavy atom. The number of hydrogen-bond donors (Lipinski definition) is 1. The third-order valence-electron chi connectivity index (χ3n) is 1.35. The van der Waals surface area contributed by atoms with Gasteiger partial charge in [0, 0.05) is 0 Å². The number of nitrogen functional groups attached to an aromatic ring is 1. The van der Waals surface area contributed by atoms with Crippen molar-refractivity contribution in [3.63, 3.8) is 0 Å². The van der Waals surface area contributed by atoms with Crippen LogP contribution in [0.2, 0.25) is 0 Å². The van der Waals surface area contributed by atoms with Crippen LogP contribution in [0.5, 0.6) is 0 Å². The molecule has 56 valence electrons. The molecule has 2 rings (SSSR count). The van der Waals surface area contributed by atoms with Crippen molar-refractivity contribution in [1.82, 2.24) is 9.97 Å². The van der Waals surface area contributed by atoms with Gasteiger partial charge in [0.2, 0.25) is 5.71 Å². The van der Waals surface area contributed by atoms with Gasteiger partial charge in [-0.15, -0.1) is 0 Å².